The van der Waals surface area contributed by atoms with Crippen molar-refractivity contribution < 1.29 is 8.42 Å². The smallest absolute Gasteiger partial charge is 0.241 e. The number of nitrogens with one attached hydrogen (secondary N) is 1. The maximum atomic E-state index is 12.4. The minimum atomic E-state index is -3.41. The van der Waals surface area contributed by atoms with Crippen LogP contribution in [-0.2, 0) is 16.6 Å². The van der Waals surface area contributed by atoms with Gasteiger partial charge in [0.2, 0.25) is 10.0 Å². The first-order chi connectivity index (χ1) is 9.04. The third kappa shape index (κ3) is 3.56. The average molecular weight is 302 g/mol. The lowest BCUT2D eigenvalue weighted by atomic mass is 9.90. The zero-order valence-electron chi connectivity index (χ0n) is 11.3. The summed E-state index contributed by atoms with van der Waals surface area (Å²) in [5.74, 6) is 0.490. The fourth-order valence-corrected chi connectivity index (χ4v) is 5.49. The van der Waals surface area contributed by atoms with E-state index in [-0.39, 0.29) is 6.54 Å². The Morgan fingerprint density at radius 3 is 2.68 bits per heavy atom. The molecule has 1 fully saturated rings. The van der Waals surface area contributed by atoms with Crippen LogP contribution in [0.25, 0.3) is 0 Å². The first-order valence-corrected chi connectivity index (χ1v) is 9.17. The van der Waals surface area contributed by atoms with Crippen molar-refractivity contribution in [1.82, 2.24) is 4.72 Å². The van der Waals surface area contributed by atoms with Crippen molar-refractivity contribution in [3.63, 3.8) is 0 Å². The predicted octanol–water partition coefficient (Wildman–Crippen LogP) is 2.37. The minimum Gasteiger partial charge on any atom is -0.326 e. The highest BCUT2D eigenvalue weighted by Gasteiger charge is 2.23. The molecule has 108 valence electrons. The highest BCUT2D eigenvalue weighted by Crippen LogP contribution is 2.27. The monoisotopic (exact) mass is 302 g/mol. The number of sulfonamides is 1. The van der Waals surface area contributed by atoms with E-state index < -0.39 is 10.0 Å². The van der Waals surface area contributed by atoms with E-state index in [1.807, 2.05) is 12.3 Å². The molecular weight excluding hydrogens is 280 g/mol. The standard InChI is InChI=1S/C13H22N2O2S2/c1-10-9-18-12(7-14)13(10)19(16,17)15-8-11-5-3-2-4-6-11/h9,11,15H,2-8,14H2,1H3. The summed E-state index contributed by atoms with van der Waals surface area (Å²) in [6.45, 7) is 2.66. The van der Waals surface area contributed by atoms with E-state index in [1.165, 1.54) is 30.6 Å². The second-order valence-electron chi connectivity index (χ2n) is 5.23. The molecular formula is C13H22N2O2S2. The van der Waals surface area contributed by atoms with Crippen molar-refractivity contribution >= 4 is 21.4 Å². The van der Waals surface area contributed by atoms with Crippen LogP contribution >= 0.6 is 11.3 Å². The molecule has 1 heterocycles. The molecule has 4 nitrogen and oxygen atoms in total. The molecule has 1 saturated carbocycles. The van der Waals surface area contributed by atoms with Crippen LogP contribution in [0.2, 0.25) is 0 Å². The zero-order valence-corrected chi connectivity index (χ0v) is 12.9. The van der Waals surface area contributed by atoms with Crippen molar-refractivity contribution in [3.05, 3.63) is 15.8 Å². The molecule has 0 aliphatic heterocycles. The quantitative estimate of drug-likeness (QED) is 0.877. The molecule has 1 aliphatic carbocycles. The van der Waals surface area contributed by atoms with Crippen LogP contribution in [0.4, 0.5) is 0 Å². The minimum absolute atomic E-state index is 0.276. The Hall–Kier alpha value is -0.430. The van der Waals surface area contributed by atoms with Gasteiger partial charge in [-0.05, 0) is 36.6 Å². The van der Waals surface area contributed by atoms with Crippen molar-refractivity contribution in [3.8, 4) is 0 Å². The highest BCUT2D eigenvalue weighted by molar-refractivity contribution is 7.89. The molecule has 0 bridgehead atoms. The van der Waals surface area contributed by atoms with Crippen LogP contribution in [0.5, 0.6) is 0 Å². The van der Waals surface area contributed by atoms with Gasteiger partial charge in [-0.2, -0.15) is 0 Å². The lowest BCUT2D eigenvalue weighted by Crippen LogP contribution is -2.31. The van der Waals surface area contributed by atoms with Gasteiger partial charge < -0.3 is 5.73 Å². The Morgan fingerprint density at radius 1 is 1.37 bits per heavy atom. The number of hydrogen-bond donors (Lipinski definition) is 2. The number of aryl methyl sites for hydroxylation is 1. The molecule has 0 atom stereocenters. The topological polar surface area (TPSA) is 72.2 Å². The van der Waals surface area contributed by atoms with Gasteiger partial charge >= 0.3 is 0 Å². The Kier molecular flexibility index (Phi) is 5.00. The van der Waals surface area contributed by atoms with Gasteiger partial charge in [0, 0.05) is 18.0 Å². The summed E-state index contributed by atoms with van der Waals surface area (Å²) in [5, 5.41) is 1.86. The number of hydrogen-bond acceptors (Lipinski definition) is 4. The highest BCUT2D eigenvalue weighted by atomic mass is 32.2. The van der Waals surface area contributed by atoms with Crippen molar-refractivity contribution in [1.29, 1.82) is 0 Å². The van der Waals surface area contributed by atoms with Gasteiger partial charge in [-0.1, -0.05) is 19.3 Å². The van der Waals surface area contributed by atoms with E-state index in [0.29, 0.717) is 17.4 Å². The summed E-state index contributed by atoms with van der Waals surface area (Å²) in [6, 6.07) is 0. The SMILES string of the molecule is Cc1csc(CN)c1S(=O)(=O)NCC1CCCCC1. The molecule has 1 aromatic heterocycles. The maximum absolute atomic E-state index is 12.4. The van der Waals surface area contributed by atoms with Crippen molar-refractivity contribution in [2.45, 2.75) is 50.5 Å². The van der Waals surface area contributed by atoms with E-state index in [4.69, 9.17) is 5.73 Å². The largest absolute Gasteiger partial charge is 0.326 e. The Morgan fingerprint density at radius 2 is 2.05 bits per heavy atom. The van der Waals surface area contributed by atoms with Crippen LogP contribution < -0.4 is 10.5 Å². The first-order valence-electron chi connectivity index (χ1n) is 6.81. The van der Waals surface area contributed by atoms with Gasteiger partial charge in [0.15, 0.2) is 0 Å². The molecule has 1 aliphatic rings. The zero-order chi connectivity index (χ0) is 13.9. The van der Waals surface area contributed by atoms with E-state index in [0.717, 1.165) is 23.3 Å². The normalized spacial score (nSPS) is 17.8. The summed E-state index contributed by atoms with van der Waals surface area (Å²) in [5.41, 5.74) is 6.41. The van der Waals surface area contributed by atoms with Gasteiger partial charge in [0.05, 0.1) is 0 Å². The second kappa shape index (κ2) is 6.35. The van der Waals surface area contributed by atoms with Gasteiger partial charge in [-0.3, -0.25) is 0 Å². The molecule has 1 aromatic rings. The van der Waals surface area contributed by atoms with E-state index >= 15 is 0 Å². The third-order valence-electron chi connectivity index (χ3n) is 3.73. The van der Waals surface area contributed by atoms with Crippen LogP contribution in [0.15, 0.2) is 10.3 Å². The molecule has 19 heavy (non-hydrogen) atoms. The summed E-state index contributed by atoms with van der Waals surface area (Å²) in [4.78, 5) is 1.14. The molecule has 0 unspecified atom stereocenters. The van der Waals surface area contributed by atoms with Crippen LogP contribution in [0, 0.1) is 12.8 Å². The molecule has 0 amide bonds. The maximum Gasteiger partial charge on any atom is 0.241 e. The number of nitrogens with two attached hydrogens (primary N) is 1. The summed E-state index contributed by atoms with van der Waals surface area (Å²) in [7, 11) is -3.41. The fourth-order valence-electron chi connectivity index (χ4n) is 2.68. The van der Waals surface area contributed by atoms with Gasteiger partial charge in [-0.25, -0.2) is 13.1 Å². The van der Waals surface area contributed by atoms with Crippen LogP contribution in [0.3, 0.4) is 0 Å². The lowest BCUT2D eigenvalue weighted by molar-refractivity contribution is 0.357. The van der Waals surface area contributed by atoms with Crippen LogP contribution in [0.1, 0.15) is 42.5 Å². The molecule has 2 rings (SSSR count). The first kappa shape index (κ1) is 15.0. The van der Waals surface area contributed by atoms with Crippen molar-refractivity contribution in [2.24, 2.45) is 11.7 Å². The number of rotatable bonds is 5. The molecule has 6 heteroatoms. The molecule has 0 spiro atoms. The summed E-state index contributed by atoms with van der Waals surface area (Å²) in [6.07, 6.45) is 5.99. The predicted molar refractivity (Wildman–Crippen MR) is 78.7 cm³/mol. The fraction of sp³-hybridized carbons (Fsp3) is 0.692. The van der Waals surface area contributed by atoms with Gasteiger partial charge in [0.25, 0.3) is 0 Å². The Balaban J connectivity index is 2.07. The Labute approximate surface area is 119 Å². The molecule has 0 aromatic carbocycles. The lowest BCUT2D eigenvalue weighted by Gasteiger charge is -2.21. The van der Waals surface area contributed by atoms with Crippen molar-refractivity contribution in [2.75, 3.05) is 6.54 Å². The third-order valence-corrected chi connectivity index (χ3v) is 6.64. The van der Waals surface area contributed by atoms with E-state index in [1.54, 1.807) is 0 Å². The second-order valence-corrected chi connectivity index (χ2v) is 7.90. The van der Waals surface area contributed by atoms with Crippen LogP contribution in [-0.4, -0.2) is 15.0 Å². The molecule has 3 N–H and O–H groups in total. The Bertz CT molecular complexity index is 517. The average Bonchev–Trinajstić information content (AvgIpc) is 2.80. The van der Waals surface area contributed by atoms with Gasteiger partial charge in [-0.15, -0.1) is 11.3 Å². The summed E-state index contributed by atoms with van der Waals surface area (Å²) >= 11 is 1.42. The van der Waals surface area contributed by atoms with E-state index in [2.05, 4.69) is 4.72 Å². The van der Waals surface area contributed by atoms with E-state index in [9.17, 15) is 8.42 Å². The molecule has 0 saturated heterocycles. The molecule has 0 radical (unpaired) electrons. The number of thiophene rings is 1. The van der Waals surface area contributed by atoms with Gasteiger partial charge in [0.1, 0.15) is 4.90 Å². The summed E-state index contributed by atoms with van der Waals surface area (Å²) < 4.78 is 27.5.